The first-order valence-corrected chi connectivity index (χ1v) is 11.8. The molecule has 1 atom stereocenters. The molecule has 186 valence electrons. The average molecular weight is 487 g/mol. The zero-order chi connectivity index (χ0) is 25.0. The number of aromatic nitrogens is 2. The van der Waals surface area contributed by atoms with E-state index in [1.54, 1.807) is 31.8 Å². The van der Waals surface area contributed by atoms with E-state index in [-0.39, 0.29) is 18.7 Å². The lowest BCUT2D eigenvalue weighted by Gasteiger charge is -2.19. The third-order valence-corrected chi connectivity index (χ3v) is 5.59. The van der Waals surface area contributed by atoms with Crippen molar-refractivity contribution in [1.29, 1.82) is 0 Å². The monoisotopic (exact) mass is 486 g/mol. The SMILES string of the molecule is COc1ccc(COCC(Cn2ccnc2)OCc2ccc(C(=O)OCc3ccccc3)cc2)cc1. The lowest BCUT2D eigenvalue weighted by molar-refractivity contribution is -0.0373. The summed E-state index contributed by atoms with van der Waals surface area (Å²) in [5.41, 5.74) is 3.48. The van der Waals surface area contributed by atoms with Crippen molar-refractivity contribution in [2.45, 2.75) is 32.5 Å². The molecule has 1 heterocycles. The lowest BCUT2D eigenvalue weighted by atomic mass is 10.1. The van der Waals surface area contributed by atoms with Crippen LogP contribution in [0.1, 0.15) is 27.0 Å². The molecule has 0 saturated heterocycles. The van der Waals surface area contributed by atoms with Gasteiger partial charge in [-0.2, -0.15) is 0 Å². The molecule has 0 fully saturated rings. The van der Waals surface area contributed by atoms with Crippen molar-refractivity contribution in [3.8, 4) is 5.75 Å². The topological polar surface area (TPSA) is 71.8 Å². The van der Waals surface area contributed by atoms with Crippen molar-refractivity contribution in [3.63, 3.8) is 0 Å². The first-order valence-electron chi connectivity index (χ1n) is 11.8. The van der Waals surface area contributed by atoms with E-state index in [4.69, 9.17) is 18.9 Å². The second kappa shape index (κ2) is 13.2. The maximum absolute atomic E-state index is 12.4. The molecule has 0 aliphatic carbocycles. The quantitative estimate of drug-likeness (QED) is 0.246. The summed E-state index contributed by atoms with van der Waals surface area (Å²) in [5, 5.41) is 0. The summed E-state index contributed by atoms with van der Waals surface area (Å²) in [7, 11) is 1.65. The van der Waals surface area contributed by atoms with Crippen LogP contribution < -0.4 is 4.74 Å². The van der Waals surface area contributed by atoms with Gasteiger partial charge in [0, 0.05) is 12.4 Å². The molecule has 0 amide bonds. The smallest absolute Gasteiger partial charge is 0.338 e. The molecule has 4 aromatic rings. The molecule has 0 bridgehead atoms. The van der Waals surface area contributed by atoms with Crippen LogP contribution in [0.25, 0.3) is 0 Å². The predicted molar refractivity (Wildman–Crippen MR) is 135 cm³/mol. The van der Waals surface area contributed by atoms with Crippen LogP contribution in [0.2, 0.25) is 0 Å². The molecule has 0 aliphatic heterocycles. The van der Waals surface area contributed by atoms with E-state index in [0.29, 0.717) is 31.9 Å². The van der Waals surface area contributed by atoms with Gasteiger partial charge in [0.1, 0.15) is 12.4 Å². The number of imidazole rings is 1. The van der Waals surface area contributed by atoms with Crippen molar-refractivity contribution in [2.75, 3.05) is 13.7 Å². The first kappa shape index (κ1) is 25.2. The van der Waals surface area contributed by atoms with Crippen LogP contribution in [0.15, 0.2) is 97.6 Å². The van der Waals surface area contributed by atoms with Gasteiger partial charge in [-0.25, -0.2) is 9.78 Å². The number of hydrogen-bond donors (Lipinski definition) is 0. The molecule has 0 spiro atoms. The number of methoxy groups -OCH3 is 1. The molecule has 1 unspecified atom stereocenters. The molecule has 3 aromatic carbocycles. The number of rotatable bonds is 13. The third kappa shape index (κ3) is 7.80. The molecule has 7 nitrogen and oxygen atoms in total. The van der Waals surface area contributed by atoms with Gasteiger partial charge in [0.15, 0.2) is 0 Å². The molecule has 4 rings (SSSR count). The van der Waals surface area contributed by atoms with Gasteiger partial charge in [0.25, 0.3) is 0 Å². The Kier molecular flexibility index (Phi) is 9.25. The van der Waals surface area contributed by atoms with E-state index >= 15 is 0 Å². The second-order valence-corrected chi connectivity index (χ2v) is 8.31. The maximum atomic E-state index is 12.4. The van der Waals surface area contributed by atoms with E-state index < -0.39 is 0 Å². The van der Waals surface area contributed by atoms with Gasteiger partial charge in [-0.3, -0.25) is 0 Å². The number of esters is 1. The van der Waals surface area contributed by atoms with Crippen molar-refractivity contribution < 1.29 is 23.7 Å². The van der Waals surface area contributed by atoms with Gasteiger partial charge in [-0.05, 0) is 41.0 Å². The fourth-order valence-electron chi connectivity index (χ4n) is 3.57. The van der Waals surface area contributed by atoms with Crippen LogP contribution in [-0.2, 0) is 40.6 Å². The molecular weight excluding hydrogens is 456 g/mol. The minimum absolute atomic E-state index is 0.173. The summed E-state index contributed by atoms with van der Waals surface area (Å²) in [6.07, 6.45) is 5.23. The van der Waals surface area contributed by atoms with Crippen molar-refractivity contribution >= 4 is 5.97 Å². The number of nitrogens with zero attached hydrogens (tertiary/aromatic N) is 2. The molecule has 0 aliphatic rings. The Labute approximate surface area is 211 Å². The Morgan fingerprint density at radius 3 is 2.25 bits per heavy atom. The summed E-state index contributed by atoms with van der Waals surface area (Å²) < 4.78 is 24.7. The van der Waals surface area contributed by atoms with E-state index in [1.807, 2.05) is 77.5 Å². The van der Waals surface area contributed by atoms with E-state index in [9.17, 15) is 4.79 Å². The van der Waals surface area contributed by atoms with Gasteiger partial charge in [-0.1, -0.05) is 54.6 Å². The summed E-state index contributed by atoms with van der Waals surface area (Å²) in [5.74, 6) is 0.465. The minimum atomic E-state index is -0.351. The fraction of sp³-hybridized carbons (Fsp3) is 0.241. The molecule has 36 heavy (non-hydrogen) atoms. The average Bonchev–Trinajstić information content (AvgIpc) is 3.44. The van der Waals surface area contributed by atoms with Crippen LogP contribution in [-0.4, -0.2) is 35.3 Å². The minimum Gasteiger partial charge on any atom is -0.497 e. The highest BCUT2D eigenvalue weighted by Gasteiger charge is 2.13. The molecule has 7 heteroatoms. The number of carbonyl (C=O) groups excluding carboxylic acids is 1. The summed E-state index contributed by atoms with van der Waals surface area (Å²) in [4.78, 5) is 16.5. The number of benzene rings is 3. The van der Waals surface area contributed by atoms with Crippen LogP contribution in [0.4, 0.5) is 0 Å². The fourth-order valence-corrected chi connectivity index (χ4v) is 3.57. The largest absolute Gasteiger partial charge is 0.497 e. The molecular formula is C29H30N2O5. The van der Waals surface area contributed by atoms with Crippen LogP contribution in [0, 0.1) is 0 Å². The number of ether oxygens (including phenoxy) is 4. The van der Waals surface area contributed by atoms with Crippen LogP contribution in [0.3, 0.4) is 0 Å². The summed E-state index contributed by atoms with van der Waals surface area (Å²) >= 11 is 0. The zero-order valence-corrected chi connectivity index (χ0v) is 20.3. The molecule has 0 N–H and O–H groups in total. The van der Waals surface area contributed by atoms with Gasteiger partial charge in [0.2, 0.25) is 0 Å². The molecule has 1 aromatic heterocycles. The third-order valence-electron chi connectivity index (χ3n) is 5.59. The van der Waals surface area contributed by atoms with Gasteiger partial charge in [0.05, 0.1) is 51.5 Å². The Hall–Kier alpha value is -3.94. The van der Waals surface area contributed by atoms with Gasteiger partial charge in [-0.15, -0.1) is 0 Å². The van der Waals surface area contributed by atoms with Crippen molar-refractivity contribution in [3.05, 3.63) is 120 Å². The Bertz CT molecular complexity index is 1180. The highest BCUT2D eigenvalue weighted by atomic mass is 16.5. The van der Waals surface area contributed by atoms with Crippen molar-refractivity contribution in [1.82, 2.24) is 9.55 Å². The van der Waals surface area contributed by atoms with Crippen LogP contribution >= 0.6 is 0 Å². The summed E-state index contributed by atoms with van der Waals surface area (Å²) in [6, 6.07) is 24.7. The highest BCUT2D eigenvalue weighted by Crippen LogP contribution is 2.14. The van der Waals surface area contributed by atoms with Crippen molar-refractivity contribution in [2.24, 2.45) is 0 Å². The molecule has 0 saturated carbocycles. The van der Waals surface area contributed by atoms with Gasteiger partial charge < -0.3 is 23.5 Å². The first-order chi connectivity index (χ1) is 17.7. The van der Waals surface area contributed by atoms with Gasteiger partial charge >= 0.3 is 5.97 Å². The van der Waals surface area contributed by atoms with E-state index in [2.05, 4.69) is 4.98 Å². The highest BCUT2D eigenvalue weighted by molar-refractivity contribution is 5.89. The van der Waals surface area contributed by atoms with E-state index in [1.165, 1.54) is 0 Å². The molecule has 0 radical (unpaired) electrons. The Balaban J connectivity index is 1.27. The normalized spacial score (nSPS) is 11.7. The Morgan fingerprint density at radius 2 is 1.56 bits per heavy atom. The standard InChI is InChI=1S/C29H30N2O5/c1-33-27-13-9-24(10-14-27)18-34-21-28(17-31-16-15-30-22-31)35-19-25-7-11-26(12-8-25)29(32)36-20-23-5-3-2-4-6-23/h2-16,22,28H,17-21H2,1H3. The second-order valence-electron chi connectivity index (χ2n) is 8.31. The Morgan fingerprint density at radius 1 is 0.861 bits per heavy atom. The summed E-state index contributed by atoms with van der Waals surface area (Å²) in [6.45, 7) is 2.16. The predicted octanol–water partition coefficient (Wildman–Crippen LogP) is 5.05. The van der Waals surface area contributed by atoms with E-state index in [0.717, 1.165) is 22.4 Å². The number of carbonyl (C=O) groups is 1. The lowest BCUT2D eigenvalue weighted by Crippen LogP contribution is -2.25. The van der Waals surface area contributed by atoms with Crippen LogP contribution in [0.5, 0.6) is 5.75 Å². The zero-order valence-electron chi connectivity index (χ0n) is 20.3. The number of hydrogen-bond acceptors (Lipinski definition) is 6. The maximum Gasteiger partial charge on any atom is 0.338 e.